The number of benzene rings is 2. The number of carbonyl (C=O) groups excluding carboxylic acids is 1. The van der Waals surface area contributed by atoms with E-state index in [1.54, 1.807) is 30.3 Å². The summed E-state index contributed by atoms with van der Waals surface area (Å²) in [5.41, 5.74) is 0.233. The second-order valence-corrected chi connectivity index (χ2v) is 10.3. The van der Waals surface area contributed by atoms with Crippen molar-refractivity contribution in [3.8, 4) is 5.75 Å². The van der Waals surface area contributed by atoms with Crippen molar-refractivity contribution in [3.05, 3.63) is 53.6 Å². The Morgan fingerprint density at radius 2 is 1.93 bits per heavy atom. The van der Waals surface area contributed by atoms with Gasteiger partial charge in [0.1, 0.15) is 12.3 Å². The molecule has 160 valence electrons. The number of halogens is 1. The Morgan fingerprint density at radius 3 is 2.57 bits per heavy atom. The number of hydrogen-bond acceptors (Lipinski definition) is 4. The van der Waals surface area contributed by atoms with Crippen LogP contribution in [-0.4, -0.2) is 34.0 Å². The van der Waals surface area contributed by atoms with Gasteiger partial charge >= 0.3 is 0 Å². The number of anilines is 1. The zero-order valence-electron chi connectivity index (χ0n) is 16.8. The minimum Gasteiger partial charge on any atom is -0.495 e. The second kappa shape index (κ2) is 8.47. The van der Waals surface area contributed by atoms with Gasteiger partial charge in [-0.2, -0.15) is 0 Å². The molecule has 0 saturated heterocycles. The number of nitrogens with zero attached hydrogens (tertiary/aromatic N) is 1. The van der Waals surface area contributed by atoms with E-state index in [0.717, 1.165) is 23.6 Å². The molecular formula is C22H25ClN2O4S. The van der Waals surface area contributed by atoms with Crippen molar-refractivity contribution < 1.29 is 17.9 Å². The Bertz CT molecular complexity index is 1030. The molecule has 1 N–H and O–H groups in total. The summed E-state index contributed by atoms with van der Waals surface area (Å²) >= 11 is 6.15. The van der Waals surface area contributed by atoms with Crippen LogP contribution in [0.25, 0.3) is 0 Å². The lowest BCUT2D eigenvalue weighted by atomic mass is 9.95. The fourth-order valence-corrected chi connectivity index (χ4v) is 6.29. The van der Waals surface area contributed by atoms with Crippen molar-refractivity contribution in [2.24, 2.45) is 11.8 Å². The molecule has 30 heavy (non-hydrogen) atoms. The highest BCUT2D eigenvalue weighted by atomic mass is 35.5. The van der Waals surface area contributed by atoms with E-state index in [2.05, 4.69) is 5.32 Å². The quantitative estimate of drug-likeness (QED) is 0.698. The van der Waals surface area contributed by atoms with Crippen LogP contribution in [-0.2, 0) is 14.8 Å². The lowest BCUT2D eigenvalue weighted by Gasteiger charge is -2.28. The molecule has 0 spiro atoms. The number of rotatable bonds is 7. The van der Waals surface area contributed by atoms with Gasteiger partial charge in [-0.05, 0) is 61.4 Å². The molecule has 0 aromatic heterocycles. The predicted octanol–water partition coefficient (Wildman–Crippen LogP) is 3.85. The van der Waals surface area contributed by atoms with Gasteiger partial charge in [-0.15, -0.1) is 0 Å². The first-order valence-electron chi connectivity index (χ1n) is 10.1. The van der Waals surface area contributed by atoms with Crippen LogP contribution in [0.2, 0.25) is 5.02 Å². The molecule has 8 heteroatoms. The first-order valence-corrected chi connectivity index (χ1v) is 11.9. The summed E-state index contributed by atoms with van der Waals surface area (Å²) in [7, 11) is -2.55. The van der Waals surface area contributed by atoms with Gasteiger partial charge in [0.2, 0.25) is 5.91 Å². The van der Waals surface area contributed by atoms with Gasteiger partial charge in [0.25, 0.3) is 10.0 Å². The van der Waals surface area contributed by atoms with Crippen LogP contribution in [0.4, 0.5) is 5.69 Å². The summed E-state index contributed by atoms with van der Waals surface area (Å²) in [5, 5.41) is 3.42. The standard InChI is InChI=1S/C22H25ClN2O4S/c1-29-21-10-9-17(23)13-20(21)25(30(27,28)18-5-3-2-4-6-18)14-22(26)24-19-12-15-7-8-16(19)11-15/h2-6,9-10,13,15-16,19H,7-8,11-12,14H2,1H3,(H,24,26)/t15-,16+,19+/m0/s1. The molecule has 1 amide bonds. The average molecular weight is 449 g/mol. The number of methoxy groups -OCH3 is 1. The van der Waals surface area contributed by atoms with Crippen molar-refractivity contribution >= 4 is 33.2 Å². The van der Waals surface area contributed by atoms with E-state index < -0.39 is 10.0 Å². The molecular weight excluding hydrogens is 424 g/mol. The largest absolute Gasteiger partial charge is 0.495 e. The molecule has 2 saturated carbocycles. The highest BCUT2D eigenvalue weighted by Gasteiger charge is 2.40. The summed E-state index contributed by atoms with van der Waals surface area (Å²) < 4.78 is 33.4. The molecule has 2 aromatic rings. The average Bonchev–Trinajstić information content (AvgIpc) is 3.36. The van der Waals surface area contributed by atoms with Crippen LogP contribution >= 0.6 is 11.6 Å². The SMILES string of the molecule is COc1ccc(Cl)cc1N(CC(=O)N[C@@H]1C[C@H]2CC[C@@H]1C2)S(=O)(=O)c1ccccc1. The maximum Gasteiger partial charge on any atom is 0.264 e. The number of carbonyl (C=O) groups is 1. The number of nitrogens with one attached hydrogen (secondary N) is 1. The van der Waals surface area contributed by atoms with E-state index in [-0.39, 0.29) is 29.1 Å². The van der Waals surface area contributed by atoms with E-state index in [1.165, 1.54) is 31.7 Å². The Labute approximate surface area is 182 Å². The molecule has 2 fully saturated rings. The molecule has 6 nitrogen and oxygen atoms in total. The van der Waals surface area contributed by atoms with Gasteiger partial charge in [0, 0.05) is 11.1 Å². The van der Waals surface area contributed by atoms with Crippen LogP contribution in [0.5, 0.6) is 5.75 Å². The van der Waals surface area contributed by atoms with Crippen LogP contribution < -0.4 is 14.4 Å². The van der Waals surface area contributed by atoms with Crippen LogP contribution in [0.3, 0.4) is 0 Å². The summed E-state index contributed by atoms with van der Waals surface area (Å²) in [6.45, 7) is -0.345. The third-order valence-electron chi connectivity index (χ3n) is 6.11. The lowest BCUT2D eigenvalue weighted by Crippen LogP contribution is -2.46. The Balaban J connectivity index is 1.65. The summed E-state index contributed by atoms with van der Waals surface area (Å²) in [5.74, 6) is 1.18. The fraction of sp³-hybridized carbons (Fsp3) is 0.409. The zero-order valence-corrected chi connectivity index (χ0v) is 18.3. The first-order chi connectivity index (χ1) is 14.4. The van der Waals surface area contributed by atoms with Gasteiger partial charge in [0.05, 0.1) is 17.7 Å². The third kappa shape index (κ3) is 4.14. The van der Waals surface area contributed by atoms with Crippen molar-refractivity contribution in [3.63, 3.8) is 0 Å². The Morgan fingerprint density at radius 1 is 1.17 bits per heavy atom. The highest BCUT2D eigenvalue weighted by Crippen LogP contribution is 2.44. The highest BCUT2D eigenvalue weighted by molar-refractivity contribution is 7.92. The predicted molar refractivity (Wildman–Crippen MR) is 116 cm³/mol. The molecule has 3 atom stereocenters. The van der Waals surface area contributed by atoms with E-state index in [4.69, 9.17) is 16.3 Å². The molecule has 0 unspecified atom stereocenters. The van der Waals surface area contributed by atoms with Gasteiger partial charge in [-0.1, -0.05) is 36.2 Å². The lowest BCUT2D eigenvalue weighted by molar-refractivity contribution is -0.120. The monoisotopic (exact) mass is 448 g/mol. The summed E-state index contributed by atoms with van der Waals surface area (Å²) in [4.78, 5) is 13.0. The van der Waals surface area contributed by atoms with Crippen molar-refractivity contribution in [2.45, 2.75) is 36.6 Å². The zero-order chi connectivity index (χ0) is 21.3. The molecule has 4 rings (SSSR count). The van der Waals surface area contributed by atoms with Crippen LogP contribution in [0.1, 0.15) is 25.7 Å². The summed E-state index contributed by atoms with van der Waals surface area (Å²) in [6.07, 6.45) is 4.48. The smallest absolute Gasteiger partial charge is 0.264 e. The van der Waals surface area contributed by atoms with E-state index in [9.17, 15) is 13.2 Å². The molecule has 0 radical (unpaired) electrons. The van der Waals surface area contributed by atoms with Crippen molar-refractivity contribution in [1.29, 1.82) is 0 Å². The molecule has 2 bridgehead atoms. The second-order valence-electron chi connectivity index (χ2n) is 7.99. The number of ether oxygens (including phenoxy) is 1. The topological polar surface area (TPSA) is 75.7 Å². The number of fused-ring (bicyclic) bond motifs is 2. The number of hydrogen-bond donors (Lipinski definition) is 1. The maximum absolute atomic E-state index is 13.5. The normalized spacial score (nSPS) is 22.7. The first kappa shape index (κ1) is 21.0. The summed E-state index contributed by atoms with van der Waals surface area (Å²) in [6, 6.07) is 12.9. The van der Waals surface area contributed by atoms with E-state index >= 15 is 0 Å². The Hall–Kier alpha value is -2.25. The minimum atomic E-state index is -4.01. The molecule has 0 aliphatic heterocycles. The van der Waals surface area contributed by atoms with E-state index in [1.807, 2.05) is 0 Å². The van der Waals surface area contributed by atoms with E-state index in [0.29, 0.717) is 22.6 Å². The molecule has 2 aliphatic carbocycles. The minimum absolute atomic E-state index is 0.0970. The number of sulfonamides is 1. The van der Waals surface area contributed by atoms with Gasteiger partial charge in [-0.25, -0.2) is 8.42 Å². The van der Waals surface area contributed by atoms with Gasteiger partial charge < -0.3 is 10.1 Å². The maximum atomic E-state index is 13.5. The van der Waals surface area contributed by atoms with Crippen molar-refractivity contribution in [1.82, 2.24) is 5.32 Å². The fourth-order valence-electron chi connectivity index (χ4n) is 4.68. The molecule has 0 heterocycles. The van der Waals surface area contributed by atoms with Crippen LogP contribution in [0, 0.1) is 11.8 Å². The van der Waals surface area contributed by atoms with Gasteiger partial charge in [0.15, 0.2) is 0 Å². The third-order valence-corrected chi connectivity index (χ3v) is 8.12. The number of amides is 1. The van der Waals surface area contributed by atoms with Crippen molar-refractivity contribution in [2.75, 3.05) is 18.0 Å². The molecule has 2 aromatic carbocycles. The van der Waals surface area contributed by atoms with Crippen LogP contribution in [0.15, 0.2) is 53.4 Å². The van der Waals surface area contributed by atoms with Gasteiger partial charge in [-0.3, -0.25) is 9.10 Å². The molecule has 2 aliphatic rings. The Kier molecular flexibility index (Phi) is 5.93.